The molecule has 1 atom stereocenters. The van der Waals surface area contributed by atoms with Crippen LogP contribution in [0.5, 0.6) is 0 Å². The minimum atomic E-state index is -3.32. The van der Waals surface area contributed by atoms with Crippen LogP contribution in [0.1, 0.15) is 12.0 Å². The number of hydrogen-bond donors (Lipinski definition) is 1. The molecule has 1 unspecified atom stereocenters. The average Bonchev–Trinajstić information content (AvgIpc) is 2.87. The Kier molecular flexibility index (Phi) is 6.62. The largest absolute Gasteiger partial charge is 0.316 e. The zero-order chi connectivity index (χ0) is 14.8. The molecule has 5 nitrogen and oxygen atoms in total. The number of sulfonamides is 1. The van der Waals surface area contributed by atoms with Crippen LogP contribution in [0.2, 0.25) is 0 Å². The number of rotatable bonds is 5. The van der Waals surface area contributed by atoms with Gasteiger partial charge in [0.25, 0.3) is 0 Å². The second-order valence-corrected chi connectivity index (χ2v) is 7.59. The predicted molar refractivity (Wildman–Crippen MR) is 87.3 cm³/mol. The van der Waals surface area contributed by atoms with Gasteiger partial charge in [-0.1, -0.05) is 12.1 Å². The Balaban J connectivity index is 0.00000220. The molecule has 0 radical (unpaired) electrons. The van der Waals surface area contributed by atoms with Gasteiger partial charge in [0.1, 0.15) is 0 Å². The van der Waals surface area contributed by atoms with Gasteiger partial charge in [0.05, 0.1) is 4.90 Å². The van der Waals surface area contributed by atoms with Crippen LogP contribution in [0.4, 0.5) is 0 Å². The number of likely N-dealkylation sites (N-methyl/N-ethyl adjacent to an activating group) is 1. The van der Waals surface area contributed by atoms with Crippen molar-refractivity contribution in [3.8, 4) is 0 Å². The molecule has 120 valence electrons. The monoisotopic (exact) mass is 333 g/mol. The molecule has 1 N–H and O–H groups in total. The second-order valence-electron chi connectivity index (χ2n) is 5.44. The Morgan fingerprint density at radius 2 is 1.90 bits per heavy atom. The fourth-order valence-electron chi connectivity index (χ4n) is 2.45. The van der Waals surface area contributed by atoms with Crippen molar-refractivity contribution in [2.75, 3.05) is 34.2 Å². The van der Waals surface area contributed by atoms with Gasteiger partial charge in [-0.05, 0) is 31.2 Å². The molecule has 7 heteroatoms. The first kappa shape index (κ1) is 18.4. The number of likely N-dealkylation sites (tertiary alicyclic amines) is 1. The van der Waals surface area contributed by atoms with Gasteiger partial charge in [0.2, 0.25) is 10.0 Å². The van der Waals surface area contributed by atoms with Crippen molar-refractivity contribution in [3.05, 3.63) is 29.8 Å². The molecular weight excluding hydrogens is 310 g/mol. The third-order valence-electron chi connectivity index (χ3n) is 3.79. The fraction of sp³-hybridized carbons (Fsp3) is 0.571. The maximum Gasteiger partial charge on any atom is 0.242 e. The van der Waals surface area contributed by atoms with E-state index in [1.54, 1.807) is 26.2 Å². The Morgan fingerprint density at radius 3 is 2.38 bits per heavy atom. The first-order chi connectivity index (χ1) is 9.43. The summed E-state index contributed by atoms with van der Waals surface area (Å²) in [6.07, 6.45) is 1.17. The molecule has 0 amide bonds. The maximum absolute atomic E-state index is 12.0. The molecule has 0 spiro atoms. The molecule has 1 heterocycles. The molecule has 2 rings (SSSR count). The van der Waals surface area contributed by atoms with Crippen LogP contribution in [0.3, 0.4) is 0 Å². The van der Waals surface area contributed by atoms with E-state index in [2.05, 4.69) is 10.2 Å². The highest BCUT2D eigenvalue weighted by atomic mass is 35.5. The van der Waals surface area contributed by atoms with Crippen molar-refractivity contribution in [2.45, 2.75) is 23.9 Å². The molecule has 21 heavy (non-hydrogen) atoms. The lowest BCUT2D eigenvalue weighted by molar-refractivity contribution is 0.322. The molecule has 0 bridgehead atoms. The van der Waals surface area contributed by atoms with Gasteiger partial charge in [-0.25, -0.2) is 12.7 Å². The van der Waals surface area contributed by atoms with Gasteiger partial charge in [-0.2, -0.15) is 0 Å². The summed E-state index contributed by atoms with van der Waals surface area (Å²) in [4.78, 5) is 2.73. The van der Waals surface area contributed by atoms with Gasteiger partial charge in [-0.3, -0.25) is 4.90 Å². The van der Waals surface area contributed by atoms with E-state index in [-0.39, 0.29) is 12.4 Å². The van der Waals surface area contributed by atoms with Crippen LogP contribution in [0.25, 0.3) is 0 Å². The summed E-state index contributed by atoms with van der Waals surface area (Å²) in [5.74, 6) is 0. The van der Waals surface area contributed by atoms with E-state index in [0.29, 0.717) is 10.9 Å². The smallest absolute Gasteiger partial charge is 0.242 e. The van der Waals surface area contributed by atoms with Crippen LogP contribution in [-0.4, -0.2) is 57.9 Å². The lowest BCUT2D eigenvalue weighted by atomic mass is 10.2. The van der Waals surface area contributed by atoms with Crippen molar-refractivity contribution in [2.24, 2.45) is 0 Å². The van der Waals surface area contributed by atoms with Gasteiger partial charge in [0, 0.05) is 39.8 Å². The third kappa shape index (κ3) is 4.40. The van der Waals surface area contributed by atoms with Gasteiger partial charge < -0.3 is 5.32 Å². The molecule has 1 fully saturated rings. The lowest BCUT2D eigenvalue weighted by Crippen LogP contribution is -2.29. The highest BCUT2D eigenvalue weighted by Crippen LogP contribution is 2.17. The molecule has 0 aliphatic carbocycles. The van der Waals surface area contributed by atoms with E-state index in [1.165, 1.54) is 10.7 Å². The number of hydrogen-bond acceptors (Lipinski definition) is 4. The van der Waals surface area contributed by atoms with E-state index in [9.17, 15) is 8.42 Å². The van der Waals surface area contributed by atoms with Crippen molar-refractivity contribution in [1.82, 2.24) is 14.5 Å². The summed E-state index contributed by atoms with van der Waals surface area (Å²) in [7, 11) is 1.77. The summed E-state index contributed by atoms with van der Waals surface area (Å²) >= 11 is 0. The summed E-state index contributed by atoms with van der Waals surface area (Å²) in [6.45, 7) is 3.01. The van der Waals surface area contributed by atoms with Gasteiger partial charge in [-0.15, -0.1) is 12.4 Å². The normalized spacial score (nSPS) is 19.7. The molecule has 0 saturated carbocycles. The van der Waals surface area contributed by atoms with Crippen LogP contribution < -0.4 is 5.32 Å². The molecule has 1 aliphatic rings. The average molecular weight is 334 g/mol. The summed E-state index contributed by atoms with van der Waals surface area (Å²) in [6, 6.07) is 7.77. The van der Waals surface area contributed by atoms with Crippen molar-refractivity contribution in [1.29, 1.82) is 0 Å². The quantitative estimate of drug-likeness (QED) is 0.878. The Hall–Kier alpha value is -0.660. The number of nitrogens with one attached hydrogen (secondary N) is 1. The van der Waals surface area contributed by atoms with Crippen molar-refractivity contribution in [3.63, 3.8) is 0 Å². The van der Waals surface area contributed by atoms with E-state index in [4.69, 9.17) is 0 Å². The Labute approximate surface area is 133 Å². The zero-order valence-electron chi connectivity index (χ0n) is 12.7. The zero-order valence-corrected chi connectivity index (χ0v) is 14.4. The number of halogens is 1. The third-order valence-corrected chi connectivity index (χ3v) is 5.62. The minimum absolute atomic E-state index is 0. The van der Waals surface area contributed by atoms with Gasteiger partial charge >= 0.3 is 0 Å². The maximum atomic E-state index is 12.0. The molecule has 1 aliphatic heterocycles. The number of benzene rings is 1. The number of nitrogens with zero attached hydrogens (tertiary/aromatic N) is 2. The summed E-state index contributed by atoms with van der Waals surface area (Å²) < 4.78 is 25.2. The van der Waals surface area contributed by atoms with Crippen LogP contribution in [0, 0.1) is 0 Å². The van der Waals surface area contributed by atoms with Crippen molar-refractivity contribution >= 4 is 22.4 Å². The van der Waals surface area contributed by atoms with E-state index >= 15 is 0 Å². The van der Waals surface area contributed by atoms with E-state index in [0.717, 1.165) is 25.2 Å². The van der Waals surface area contributed by atoms with Crippen molar-refractivity contribution < 1.29 is 8.42 Å². The Bertz CT molecular complexity index is 546. The van der Waals surface area contributed by atoms with Crippen LogP contribution >= 0.6 is 12.4 Å². The van der Waals surface area contributed by atoms with E-state index < -0.39 is 10.0 Å². The molecule has 1 aromatic carbocycles. The first-order valence-corrected chi connectivity index (χ1v) is 8.28. The van der Waals surface area contributed by atoms with E-state index in [1.807, 2.05) is 19.2 Å². The topological polar surface area (TPSA) is 52.7 Å². The standard InChI is InChI=1S/C14H23N3O2S.ClH/c1-15-13-8-9-17(11-13)10-12-4-6-14(7-5-12)20(18,19)16(2)3;/h4-7,13,15H,8-11H2,1-3H3;1H. The molecular formula is C14H24ClN3O2S. The van der Waals surface area contributed by atoms with Crippen LogP contribution in [-0.2, 0) is 16.6 Å². The first-order valence-electron chi connectivity index (χ1n) is 6.84. The fourth-order valence-corrected chi connectivity index (χ4v) is 3.35. The minimum Gasteiger partial charge on any atom is -0.316 e. The molecule has 1 aromatic rings. The second kappa shape index (κ2) is 7.56. The SMILES string of the molecule is CNC1CCN(Cc2ccc(S(=O)(=O)N(C)C)cc2)C1.Cl. The highest BCUT2D eigenvalue weighted by molar-refractivity contribution is 7.89. The molecule has 1 saturated heterocycles. The lowest BCUT2D eigenvalue weighted by Gasteiger charge is -2.16. The highest BCUT2D eigenvalue weighted by Gasteiger charge is 2.21. The van der Waals surface area contributed by atoms with Crippen LogP contribution in [0.15, 0.2) is 29.2 Å². The predicted octanol–water partition coefficient (Wildman–Crippen LogP) is 1.15. The molecule has 0 aromatic heterocycles. The summed E-state index contributed by atoms with van der Waals surface area (Å²) in [5.41, 5.74) is 1.15. The van der Waals surface area contributed by atoms with Gasteiger partial charge in [0.15, 0.2) is 0 Å². The Morgan fingerprint density at radius 1 is 1.29 bits per heavy atom. The summed E-state index contributed by atoms with van der Waals surface area (Å²) in [5, 5.41) is 3.29.